The second kappa shape index (κ2) is 6.39. The van der Waals surface area contributed by atoms with Gasteiger partial charge in [0.15, 0.2) is 0 Å². The highest BCUT2D eigenvalue weighted by molar-refractivity contribution is 7.89. The molecule has 0 spiro atoms. The van der Waals surface area contributed by atoms with Crippen molar-refractivity contribution in [3.8, 4) is 0 Å². The average Bonchev–Trinajstić information content (AvgIpc) is 2.36. The van der Waals surface area contributed by atoms with Gasteiger partial charge in [-0.25, -0.2) is 12.7 Å². The fourth-order valence-corrected chi connectivity index (χ4v) is 3.73. The maximum atomic E-state index is 12.0. The van der Waals surface area contributed by atoms with Gasteiger partial charge < -0.3 is 10.9 Å². The SMILES string of the molecule is CC1(C(N)=NO)CCN(S(=O)(=O)CCCC(F)(F)F)CC1. The largest absolute Gasteiger partial charge is 0.409 e. The molecule has 1 aliphatic heterocycles. The van der Waals surface area contributed by atoms with Gasteiger partial charge in [-0.15, -0.1) is 0 Å². The molecule has 0 aliphatic carbocycles. The van der Waals surface area contributed by atoms with Gasteiger partial charge in [0.05, 0.1) is 5.75 Å². The quantitative estimate of drug-likeness (QED) is 0.345. The number of piperidine rings is 1. The highest BCUT2D eigenvalue weighted by Crippen LogP contribution is 2.32. The topological polar surface area (TPSA) is 96.0 Å². The first kappa shape index (κ1) is 18.0. The first-order valence-corrected chi connectivity index (χ1v) is 8.14. The van der Waals surface area contributed by atoms with Crippen molar-refractivity contribution in [2.75, 3.05) is 18.8 Å². The van der Waals surface area contributed by atoms with E-state index in [9.17, 15) is 21.6 Å². The fraction of sp³-hybridized carbons (Fsp3) is 0.909. The van der Waals surface area contributed by atoms with E-state index in [1.165, 1.54) is 4.31 Å². The minimum absolute atomic E-state index is 0.0385. The van der Waals surface area contributed by atoms with Crippen LogP contribution in [0, 0.1) is 5.41 Å². The Morgan fingerprint density at radius 1 is 1.38 bits per heavy atom. The number of nitrogens with zero attached hydrogens (tertiary/aromatic N) is 2. The van der Waals surface area contributed by atoms with Gasteiger partial charge >= 0.3 is 6.18 Å². The predicted molar refractivity (Wildman–Crippen MR) is 71.4 cm³/mol. The molecule has 10 heteroatoms. The molecular formula is C11H20F3N3O3S. The number of sulfonamides is 1. The highest BCUT2D eigenvalue weighted by atomic mass is 32.2. The minimum Gasteiger partial charge on any atom is -0.409 e. The van der Waals surface area contributed by atoms with Gasteiger partial charge in [0.1, 0.15) is 5.84 Å². The molecular weight excluding hydrogens is 311 g/mol. The number of halogens is 3. The van der Waals surface area contributed by atoms with Crippen LogP contribution in [0.25, 0.3) is 0 Å². The first-order valence-electron chi connectivity index (χ1n) is 6.53. The van der Waals surface area contributed by atoms with Crippen LogP contribution in [0.15, 0.2) is 5.16 Å². The van der Waals surface area contributed by atoms with Crippen LogP contribution in [0.2, 0.25) is 0 Å². The van der Waals surface area contributed by atoms with E-state index >= 15 is 0 Å². The summed E-state index contributed by atoms with van der Waals surface area (Å²) >= 11 is 0. The number of oxime groups is 1. The van der Waals surface area contributed by atoms with E-state index in [1.807, 2.05) is 0 Å². The fourth-order valence-electron chi connectivity index (χ4n) is 2.22. The lowest BCUT2D eigenvalue weighted by atomic mass is 9.80. The van der Waals surface area contributed by atoms with Crippen LogP contribution in [-0.4, -0.2) is 48.8 Å². The van der Waals surface area contributed by atoms with E-state index in [0.717, 1.165) is 0 Å². The normalized spacial score (nSPS) is 21.4. The predicted octanol–water partition coefficient (Wildman–Crippen LogP) is 1.51. The molecule has 0 aromatic rings. The van der Waals surface area contributed by atoms with Crippen molar-refractivity contribution >= 4 is 15.9 Å². The molecule has 0 bridgehead atoms. The molecule has 1 rings (SSSR count). The Morgan fingerprint density at radius 3 is 2.33 bits per heavy atom. The molecule has 1 saturated heterocycles. The van der Waals surface area contributed by atoms with Crippen LogP contribution in [0.5, 0.6) is 0 Å². The Labute approximate surface area is 121 Å². The number of alkyl halides is 3. The van der Waals surface area contributed by atoms with Crippen molar-refractivity contribution in [1.82, 2.24) is 4.31 Å². The summed E-state index contributed by atoms with van der Waals surface area (Å²) in [4.78, 5) is 0. The number of hydrogen-bond donors (Lipinski definition) is 2. The Kier molecular flexibility index (Phi) is 5.48. The zero-order valence-electron chi connectivity index (χ0n) is 11.7. The zero-order chi connectivity index (χ0) is 16.3. The Morgan fingerprint density at radius 2 is 1.90 bits per heavy atom. The first-order chi connectivity index (χ1) is 9.50. The van der Waals surface area contributed by atoms with E-state index in [1.54, 1.807) is 6.92 Å². The maximum Gasteiger partial charge on any atom is 0.389 e. The average molecular weight is 331 g/mol. The van der Waals surface area contributed by atoms with Gasteiger partial charge in [-0.2, -0.15) is 13.2 Å². The van der Waals surface area contributed by atoms with Gasteiger partial charge in [0.2, 0.25) is 10.0 Å². The summed E-state index contributed by atoms with van der Waals surface area (Å²) in [5.41, 5.74) is 4.98. The van der Waals surface area contributed by atoms with Crippen LogP contribution >= 0.6 is 0 Å². The molecule has 1 fully saturated rings. The van der Waals surface area contributed by atoms with Crippen molar-refractivity contribution in [2.24, 2.45) is 16.3 Å². The molecule has 0 amide bonds. The monoisotopic (exact) mass is 331 g/mol. The Bertz CT molecular complexity index is 483. The Hall–Kier alpha value is -1.03. The number of rotatable bonds is 5. The second-order valence-corrected chi connectivity index (χ2v) is 7.57. The van der Waals surface area contributed by atoms with Crippen LogP contribution in [0.4, 0.5) is 13.2 Å². The molecule has 21 heavy (non-hydrogen) atoms. The molecule has 0 radical (unpaired) electrons. The molecule has 0 aromatic heterocycles. The van der Waals surface area contributed by atoms with Gasteiger partial charge in [-0.05, 0) is 19.3 Å². The van der Waals surface area contributed by atoms with Crippen molar-refractivity contribution in [3.05, 3.63) is 0 Å². The molecule has 1 heterocycles. The smallest absolute Gasteiger partial charge is 0.389 e. The van der Waals surface area contributed by atoms with Gasteiger partial charge in [0.25, 0.3) is 0 Å². The van der Waals surface area contributed by atoms with Crippen molar-refractivity contribution in [2.45, 2.75) is 38.8 Å². The summed E-state index contributed by atoms with van der Waals surface area (Å²) in [5.74, 6) is -0.482. The van der Waals surface area contributed by atoms with E-state index in [2.05, 4.69) is 5.16 Å². The van der Waals surface area contributed by atoms with Gasteiger partial charge in [-0.3, -0.25) is 0 Å². The standard InChI is InChI=1S/C11H20F3N3O3S/c1-10(9(15)16-18)4-6-17(7-5-10)21(19,20)8-2-3-11(12,13)14/h18H,2-8H2,1H3,(H2,15,16). The third kappa shape index (κ3) is 5.03. The van der Waals surface area contributed by atoms with E-state index in [-0.39, 0.29) is 18.9 Å². The van der Waals surface area contributed by atoms with E-state index in [0.29, 0.717) is 12.8 Å². The molecule has 124 valence electrons. The summed E-state index contributed by atoms with van der Waals surface area (Å²) in [6.45, 7) is 2.07. The third-order valence-corrected chi connectivity index (χ3v) is 5.76. The van der Waals surface area contributed by atoms with Crippen LogP contribution < -0.4 is 5.73 Å². The molecule has 0 saturated carbocycles. The van der Waals surface area contributed by atoms with Crippen molar-refractivity contribution < 1.29 is 26.8 Å². The van der Waals surface area contributed by atoms with Gasteiger partial charge in [-0.1, -0.05) is 12.1 Å². The molecule has 0 atom stereocenters. The number of hydrogen-bond acceptors (Lipinski definition) is 4. The van der Waals surface area contributed by atoms with Crippen LogP contribution in [0.1, 0.15) is 32.6 Å². The third-order valence-electron chi connectivity index (χ3n) is 3.81. The summed E-state index contributed by atoms with van der Waals surface area (Å²) < 4.78 is 61.2. The highest BCUT2D eigenvalue weighted by Gasteiger charge is 2.38. The molecule has 0 unspecified atom stereocenters. The Balaban J connectivity index is 2.57. The van der Waals surface area contributed by atoms with E-state index in [4.69, 9.17) is 10.9 Å². The summed E-state index contributed by atoms with van der Waals surface area (Å²) in [6.07, 6.45) is -5.17. The summed E-state index contributed by atoms with van der Waals surface area (Å²) in [6, 6.07) is 0. The minimum atomic E-state index is -4.35. The number of amidine groups is 1. The summed E-state index contributed by atoms with van der Waals surface area (Å²) in [5, 5.41) is 11.6. The second-order valence-electron chi connectivity index (χ2n) is 5.48. The lowest BCUT2D eigenvalue weighted by Gasteiger charge is -2.37. The summed E-state index contributed by atoms with van der Waals surface area (Å²) in [7, 11) is -3.70. The van der Waals surface area contributed by atoms with E-state index < -0.39 is 40.2 Å². The zero-order valence-corrected chi connectivity index (χ0v) is 12.5. The van der Waals surface area contributed by atoms with Crippen molar-refractivity contribution in [3.63, 3.8) is 0 Å². The van der Waals surface area contributed by atoms with Gasteiger partial charge in [0, 0.05) is 24.9 Å². The van der Waals surface area contributed by atoms with Crippen molar-refractivity contribution in [1.29, 1.82) is 0 Å². The molecule has 1 aliphatic rings. The lowest BCUT2D eigenvalue weighted by molar-refractivity contribution is -0.134. The number of nitrogens with two attached hydrogens (primary N) is 1. The molecule has 3 N–H and O–H groups in total. The molecule has 0 aromatic carbocycles. The van der Waals surface area contributed by atoms with Crippen LogP contribution in [-0.2, 0) is 10.0 Å². The van der Waals surface area contributed by atoms with Crippen LogP contribution in [0.3, 0.4) is 0 Å². The maximum absolute atomic E-state index is 12.0. The molecule has 6 nitrogen and oxygen atoms in total. The lowest BCUT2D eigenvalue weighted by Crippen LogP contribution is -2.47.